The van der Waals surface area contributed by atoms with Gasteiger partial charge in [0.05, 0.1) is 0 Å². The van der Waals surface area contributed by atoms with Gasteiger partial charge in [0.15, 0.2) is 0 Å². The van der Waals surface area contributed by atoms with E-state index in [2.05, 4.69) is 41.6 Å². The first-order chi connectivity index (χ1) is 10.3. The Morgan fingerprint density at radius 2 is 2.14 bits per heavy atom. The molecule has 2 heteroatoms. The summed E-state index contributed by atoms with van der Waals surface area (Å²) in [4.78, 5) is 3.40. The number of fused-ring (bicyclic) bond motifs is 3. The van der Waals surface area contributed by atoms with Gasteiger partial charge in [-0.25, -0.2) is 0 Å². The molecular formula is C19H24N2. The Bertz CT molecular complexity index is 701. The summed E-state index contributed by atoms with van der Waals surface area (Å²) in [5.74, 6) is 1.62. The number of piperidine rings is 1. The maximum Gasteiger partial charge on any atom is 0.0456 e. The largest absolute Gasteiger partial charge is 0.361 e. The number of aromatic nitrogens is 1. The SMILES string of the molecule is CC1CNC2Cc3c(ccc4[nH]ccc34)C13CCCCC23. The van der Waals surface area contributed by atoms with E-state index in [1.165, 1.54) is 49.6 Å². The molecule has 0 spiro atoms. The van der Waals surface area contributed by atoms with Gasteiger partial charge in [0.1, 0.15) is 0 Å². The fourth-order valence-electron chi connectivity index (χ4n) is 5.94. The summed E-state index contributed by atoms with van der Waals surface area (Å²) in [5.41, 5.74) is 5.10. The van der Waals surface area contributed by atoms with Crippen molar-refractivity contribution in [2.75, 3.05) is 6.54 Å². The molecule has 2 aromatic rings. The fourth-order valence-corrected chi connectivity index (χ4v) is 5.94. The number of aromatic amines is 1. The zero-order valence-electron chi connectivity index (χ0n) is 12.8. The number of nitrogens with one attached hydrogen (secondary N) is 2. The van der Waals surface area contributed by atoms with Crippen LogP contribution in [0.3, 0.4) is 0 Å². The third kappa shape index (κ3) is 1.42. The predicted octanol–water partition coefficient (Wildman–Crippen LogP) is 3.76. The molecule has 4 unspecified atom stereocenters. The van der Waals surface area contributed by atoms with Crippen LogP contribution in [0.5, 0.6) is 0 Å². The Kier molecular flexibility index (Phi) is 2.42. The zero-order chi connectivity index (χ0) is 14.0. The molecule has 1 saturated heterocycles. The Morgan fingerprint density at radius 3 is 3.10 bits per heavy atom. The highest BCUT2D eigenvalue weighted by molar-refractivity contribution is 5.85. The standard InChI is InChI=1S/C19H24N2/c1-12-11-21-18-10-14-13-7-9-20-17(13)6-5-15(14)19(12)8-3-2-4-16(18)19/h5-7,9,12,16,18,20-21H,2-4,8,10-11H2,1H3. The van der Waals surface area contributed by atoms with Crippen LogP contribution in [0.4, 0.5) is 0 Å². The van der Waals surface area contributed by atoms with Gasteiger partial charge in [-0.05, 0) is 60.9 Å². The van der Waals surface area contributed by atoms with Crippen molar-refractivity contribution in [3.8, 4) is 0 Å². The molecule has 1 aromatic heterocycles. The van der Waals surface area contributed by atoms with Crippen molar-refractivity contribution in [2.45, 2.75) is 50.5 Å². The average molecular weight is 280 g/mol. The van der Waals surface area contributed by atoms with Crippen molar-refractivity contribution < 1.29 is 0 Å². The van der Waals surface area contributed by atoms with E-state index in [-0.39, 0.29) is 0 Å². The average Bonchev–Trinajstić information content (AvgIpc) is 3.00. The highest BCUT2D eigenvalue weighted by atomic mass is 15.0. The highest BCUT2D eigenvalue weighted by Gasteiger charge is 2.54. The van der Waals surface area contributed by atoms with Gasteiger partial charge in [0.25, 0.3) is 0 Å². The summed E-state index contributed by atoms with van der Waals surface area (Å²) < 4.78 is 0. The van der Waals surface area contributed by atoms with Crippen molar-refractivity contribution in [3.05, 3.63) is 35.5 Å². The first kappa shape index (κ1) is 12.3. The third-order valence-corrected chi connectivity index (χ3v) is 6.84. The number of rotatable bonds is 0. The van der Waals surface area contributed by atoms with Crippen LogP contribution in [0.25, 0.3) is 10.9 Å². The summed E-state index contributed by atoms with van der Waals surface area (Å²) in [6.45, 7) is 3.68. The van der Waals surface area contributed by atoms with Crippen molar-refractivity contribution >= 4 is 10.9 Å². The summed E-state index contributed by atoms with van der Waals surface area (Å²) in [6.07, 6.45) is 9.00. The van der Waals surface area contributed by atoms with E-state index in [1.54, 1.807) is 11.1 Å². The second-order valence-electron chi connectivity index (χ2n) is 7.54. The normalized spacial score (nSPS) is 38.0. The predicted molar refractivity (Wildman–Crippen MR) is 86.6 cm³/mol. The van der Waals surface area contributed by atoms with Gasteiger partial charge in [-0.2, -0.15) is 0 Å². The quantitative estimate of drug-likeness (QED) is 0.755. The lowest BCUT2D eigenvalue weighted by atomic mass is 9.49. The topological polar surface area (TPSA) is 27.8 Å². The lowest BCUT2D eigenvalue weighted by molar-refractivity contribution is 0.0345. The van der Waals surface area contributed by atoms with E-state index < -0.39 is 0 Å². The van der Waals surface area contributed by atoms with Gasteiger partial charge in [0, 0.05) is 28.6 Å². The van der Waals surface area contributed by atoms with Gasteiger partial charge in [-0.3, -0.25) is 0 Å². The maximum absolute atomic E-state index is 3.88. The zero-order valence-corrected chi connectivity index (χ0v) is 12.8. The van der Waals surface area contributed by atoms with Gasteiger partial charge < -0.3 is 10.3 Å². The van der Waals surface area contributed by atoms with Crippen LogP contribution in [-0.4, -0.2) is 17.6 Å². The molecule has 3 aliphatic rings. The van der Waals surface area contributed by atoms with Gasteiger partial charge in [0.2, 0.25) is 0 Å². The lowest BCUT2D eigenvalue weighted by Gasteiger charge is -2.59. The van der Waals surface area contributed by atoms with Crippen LogP contribution in [-0.2, 0) is 11.8 Å². The van der Waals surface area contributed by atoms with Crippen molar-refractivity contribution in [3.63, 3.8) is 0 Å². The molecule has 2 nitrogen and oxygen atoms in total. The molecule has 2 heterocycles. The van der Waals surface area contributed by atoms with E-state index in [9.17, 15) is 0 Å². The number of hydrogen-bond acceptors (Lipinski definition) is 1. The molecule has 0 amide bonds. The number of hydrogen-bond donors (Lipinski definition) is 2. The van der Waals surface area contributed by atoms with Gasteiger partial charge >= 0.3 is 0 Å². The lowest BCUT2D eigenvalue weighted by Crippen LogP contribution is -2.63. The minimum absolute atomic E-state index is 0.452. The van der Waals surface area contributed by atoms with Crippen LogP contribution in [0, 0.1) is 11.8 Å². The first-order valence-corrected chi connectivity index (χ1v) is 8.63. The highest BCUT2D eigenvalue weighted by Crippen LogP contribution is 2.56. The molecule has 2 fully saturated rings. The Morgan fingerprint density at radius 1 is 1.19 bits per heavy atom. The van der Waals surface area contributed by atoms with Crippen LogP contribution in [0.15, 0.2) is 24.4 Å². The monoisotopic (exact) mass is 280 g/mol. The maximum atomic E-state index is 3.88. The summed E-state index contributed by atoms with van der Waals surface area (Å²) in [5, 5.41) is 5.35. The van der Waals surface area contributed by atoms with Crippen LogP contribution < -0.4 is 5.32 Å². The molecule has 5 rings (SSSR count). The van der Waals surface area contributed by atoms with Crippen molar-refractivity contribution in [2.24, 2.45) is 11.8 Å². The molecule has 4 atom stereocenters. The summed E-state index contributed by atoms with van der Waals surface area (Å²) >= 11 is 0. The second kappa shape index (κ2) is 4.13. The van der Waals surface area contributed by atoms with Crippen molar-refractivity contribution in [1.82, 2.24) is 10.3 Å². The minimum atomic E-state index is 0.452. The molecular weight excluding hydrogens is 256 g/mol. The molecule has 2 aliphatic carbocycles. The molecule has 110 valence electrons. The minimum Gasteiger partial charge on any atom is -0.361 e. The number of H-pyrrole nitrogens is 1. The van der Waals surface area contributed by atoms with E-state index >= 15 is 0 Å². The Hall–Kier alpha value is -1.28. The molecule has 2 N–H and O–H groups in total. The van der Waals surface area contributed by atoms with Crippen molar-refractivity contribution in [1.29, 1.82) is 0 Å². The molecule has 2 bridgehead atoms. The summed E-state index contributed by atoms with van der Waals surface area (Å²) in [7, 11) is 0. The Labute approximate surface area is 126 Å². The fraction of sp³-hybridized carbons (Fsp3) is 0.579. The Balaban J connectivity index is 1.82. The first-order valence-electron chi connectivity index (χ1n) is 8.63. The summed E-state index contributed by atoms with van der Waals surface area (Å²) in [6, 6.07) is 7.78. The molecule has 0 radical (unpaired) electrons. The van der Waals surface area contributed by atoms with Gasteiger partial charge in [-0.15, -0.1) is 0 Å². The van der Waals surface area contributed by atoms with E-state index in [1.807, 2.05) is 0 Å². The van der Waals surface area contributed by atoms with Crippen LogP contribution in [0.1, 0.15) is 43.7 Å². The third-order valence-electron chi connectivity index (χ3n) is 6.84. The van der Waals surface area contributed by atoms with E-state index in [0.717, 1.165) is 11.8 Å². The number of benzene rings is 1. The molecule has 1 aliphatic heterocycles. The second-order valence-corrected chi connectivity index (χ2v) is 7.54. The van der Waals surface area contributed by atoms with Crippen LogP contribution >= 0.6 is 0 Å². The van der Waals surface area contributed by atoms with E-state index in [4.69, 9.17) is 0 Å². The molecule has 1 saturated carbocycles. The van der Waals surface area contributed by atoms with Crippen LogP contribution in [0.2, 0.25) is 0 Å². The smallest absolute Gasteiger partial charge is 0.0456 e. The molecule has 1 aromatic carbocycles. The molecule has 21 heavy (non-hydrogen) atoms. The van der Waals surface area contributed by atoms with Gasteiger partial charge in [-0.1, -0.05) is 25.8 Å². The van der Waals surface area contributed by atoms with E-state index in [0.29, 0.717) is 11.5 Å².